The normalized spacial score (nSPS) is 12.1. The number of benzene rings is 1. The molecule has 124 valence electrons. The predicted molar refractivity (Wildman–Crippen MR) is 92.6 cm³/mol. The molecule has 0 saturated carbocycles. The summed E-state index contributed by atoms with van der Waals surface area (Å²) in [6.07, 6.45) is 1.62. The molecule has 1 unspecified atom stereocenters. The van der Waals surface area contributed by atoms with Crippen LogP contribution in [0.3, 0.4) is 0 Å². The molecule has 0 aliphatic carbocycles. The van der Waals surface area contributed by atoms with E-state index in [0.29, 0.717) is 29.8 Å². The predicted octanol–water partition coefficient (Wildman–Crippen LogP) is 3.38. The van der Waals surface area contributed by atoms with Crippen molar-refractivity contribution >= 4 is 29.3 Å². The van der Waals surface area contributed by atoms with Gasteiger partial charge in [-0.05, 0) is 31.2 Å². The van der Waals surface area contributed by atoms with Gasteiger partial charge < -0.3 is 14.5 Å². The maximum Gasteiger partial charge on any atom is 0.232 e. The minimum absolute atomic E-state index is 0.00605. The fourth-order valence-electron chi connectivity index (χ4n) is 1.80. The van der Waals surface area contributed by atoms with Crippen LogP contribution in [0.5, 0.6) is 0 Å². The highest BCUT2D eigenvalue weighted by Crippen LogP contribution is 2.23. The molecule has 1 heterocycles. The number of amides is 1. The van der Waals surface area contributed by atoms with E-state index in [1.807, 2.05) is 19.1 Å². The number of halogens is 1. The average molecular weight is 355 g/mol. The maximum atomic E-state index is 11.9. The molecule has 1 N–H and O–H groups in total. The molecule has 1 aromatic heterocycles. The fourth-order valence-corrected chi connectivity index (χ4v) is 2.72. The van der Waals surface area contributed by atoms with Crippen molar-refractivity contribution in [1.29, 1.82) is 0 Å². The Labute approximate surface area is 144 Å². The summed E-state index contributed by atoms with van der Waals surface area (Å²) in [5.74, 6) is 1.15. The summed E-state index contributed by atoms with van der Waals surface area (Å²) < 4.78 is 10.4. The van der Waals surface area contributed by atoms with E-state index < -0.39 is 0 Å². The summed E-state index contributed by atoms with van der Waals surface area (Å²) in [5.41, 5.74) is 1.67. The van der Waals surface area contributed by atoms with Gasteiger partial charge in [0, 0.05) is 30.0 Å². The Balaban J connectivity index is 1.84. The highest BCUT2D eigenvalue weighted by atomic mass is 35.5. The number of nitrogens with one attached hydrogen (secondary N) is 1. The first-order valence-electron chi connectivity index (χ1n) is 7.18. The molecule has 1 aromatic carbocycles. The SMILES string of the molecule is COCCNC(=O)C(C)SCc1coc(-c2ccc(Cl)cc2)n1. The summed E-state index contributed by atoms with van der Waals surface area (Å²) >= 11 is 7.37. The number of hydrogen-bond donors (Lipinski definition) is 1. The van der Waals surface area contributed by atoms with Crippen molar-refractivity contribution in [2.24, 2.45) is 0 Å². The molecule has 0 aliphatic rings. The van der Waals surface area contributed by atoms with Gasteiger partial charge in [0.15, 0.2) is 0 Å². The van der Waals surface area contributed by atoms with Crippen LogP contribution in [-0.2, 0) is 15.3 Å². The Morgan fingerprint density at radius 1 is 1.43 bits per heavy atom. The summed E-state index contributed by atoms with van der Waals surface area (Å²) in [4.78, 5) is 16.3. The standard InChI is InChI=1S/C16H19ClN2O3S/c1-11(15(20)18-7-8-21-2)23-10-14-9-22-16(19-14)12-3-5-13(17)6-4-12/h3-6,9,11H,7-8,10H2,1-2H3,(H,18,20). The molecule has 0 aliphatic heterocycles. The van der Waals surface area contributed by atoms with E-state index in [1.165, 1.54) is 11.8 Å². The van der Waals surface area contributed by atoms with Crippen LogP contribution >= 0.6 is 23.4 Å². The number of carbonyl (C=O) groups excluding carboxylic acids is 1. The average Bonchev–Trinajstić information content (AvgIpc) is 3.02. The lowest BCUT2D eigenvalue weighted by Gasteiger charge is -2.10. The van der Waals surface area contributed by atoms with E-state index in [1.54, 1.807) is 25.5 Å². The number of nitrogens with zero attached hydrogens (tertiary/aromatic N) is 1. The summed E-state index contributed by atoms with van der Waals surface area (Å²) in [5, 5.41) is 3.32. The zero-order chi connectivity index (χ0) is 16.7. The third kappa shape index (κ3) is 5.57. The number of aromatic nitrogens is 1. The first kappa shape index (κ1) is 17.8. The topological polar surface area (TPSA) is 64.4 Å². The van der Waals surface area contributed by atoms with E-state index >= 15 is 0 Å². The van der Waals surface area contributed by atoms with Crippen molar-refractivity contribution in [2.75, 3.05) is 20.3 Å². The summed E-state index contributed by atoms with van der Waals surface area (Å²) in [7, 11) is 1.60. The van der Waals surface area contributed by atoms with Crippen LogP contribution in [0.4, 0.5) is 0 Å². The van der Waals surface area contributed by atoms with Crippen LogP contribution in [0.1, 0.15) is 12.6 Å². The Morgan fingerprint density at radius 2 is 2.17 bits per heavy atom. The monoisotopic (exact) mass is 354 g/mol. The Morgan fingerprint density at radius 3 is 2.87 bits per heavy atom. The zero-order valence-electron chi connectivity index (χ0n) is 13.0. The second-order valence-corrected chi connectivity index (χ2v) is 6.65. The highest BCUT2D eigenvalue weighted by molar-refractivity contribution is 7.99. The van der Waals surface area contributed by atoms with Crippen molar-refractivity contribution < 1.29 is 13.9 Å². The van der Waals surface area contributed by atoms with Gasteiger partial charge in [0.1, 0.15) is 6.26 Å². The van der Waals surface area contributed by atoms with Gasteiger partial charge in [0.25, 0.3) is 0 Å². The zero-order valence-corrected chi connectivity index (χ0v) is 14.6. The van der Waals surface area contributed by atoms with Crippen LogP contribution in [0.25, 0.3) is 11.5 Å². The van der Waals surface area contributed by atoms with Crippen LogP contribution < -0.4 is 5.32 Å². The van der Waals surface area contributed by atoms with E-state index in [0.717, 1.165) is 11.3 Å². The first-order chi connectivity index (χ1) is 11.1. The van der Waals surface area contributed by atoms with Crippen molar-refractivity contribution in [3.8, 4) is 11.5 Å². The van der Waals surface area contributed by atoms with Gasteiger partial charge in [0.2, 0.25) is 11.8 Å². The number of ether oxygens (including phenoxy) is 1. The van der Waals surface area contributed by atoms with Crippen LogP contribution in [0.2, 0.25) is 5.02 Å². The second-order valence-electron chi connectivity index (χ2n) is 4.89. The first-order valence-corrected chi connectivity index (χ1v) is 8.61. The van der Waals surface area contributed by atoms with E-state index in [2.05, 4.69) is 10.3 Å². The van der Waals surface area contributed by atoms with E-state index in [9.17, 15) is 4.79 Å². The van der Waals surface area contributed by atoms with Crippen LogP contribution in [0, 0.1) is 0 Å². The van der Waals surface area contributed by atoms with E-state index in [-0.39, 0.29) is 11.2 Å². The van der Waals surface area contributed by atoms with Crippen LogP contribution in [0.15, 0.2) is 34.9 Å². The van der Waals surface area contributed by atoms with Gasteiger partial charge in [-0.25, -0.2) is 4.98 Å². The largest absolute Gasteiger partial charge is 0.444 e. The molecule has 0 radical (unpaired) electrons. The van der Waals surface area contributed by atoms with Crippen molar-refractivity contribution in [1.82, 2.24) is 10.3 Å². The third-order valence-electron chi connectivity index (χ3n) is 3.10. The highest BCUT2D eigenvalue weighted by Gasteiger charge is 2.14. The molecular formula is C16H19ClN2O3S. The Bertz CT molecular complexity index is 631. The van der Waals surface area contributed by atoms with Gasteiger partial charge in [-0.15, -0.1) is 11.8 Å². The van der Waals surface area contributed by atoms with Gasteiger partial charge >= 0.3 is 0 Å². The molecule has 1 amide bonds. The molecule has 2 aromatic rings. The molecule has 1 atom stereocenters. The third-order valence-corrected chi connectivity index (χ3v) is 4.53. The van der Waals surface area contributed by atoms with E-state index in [4.69, 9.17) is 20.8 Å². The minimum atomic E-state index is -0.164. The molecule has 0 bridgehead atoms. The van der Waals surface area contributed by atoms with Crippen LogP contribution in [-0.4, -0.2) is 36.4 Å². The lowest BCUT2D eigenvalue weighted by atomic mass is 10.2. The molecule has 7 heteroatoms. The van der Waals surface area contributed by atoms with Crippen molar-refractivity contribution in [3.63, 3.8) is 0 Å². The number of carbonyl (C=O) groups is 1. The maximum absolute atomic E-state index is 11.9. The van der Waals surface area contributed by atoms with Gasteiger partial charge in [-0.1, -0.05) is 11.6 Å². The summed E-state index contributed by atoms with van der Waals surface area (Å²) in [6, 6.07) is 7.30. The molecule has 2 rings (SSSR count). The van der Waals surface area contributed by atoms with Crippen molar-refractivity contribution in [2.45, 2.75) is 17.9 Å². The number of oxazole rings is 1. The fraction of sp³-hybridized carbons (Fsp3) is 0.375. The molecule has 0 saturated heterocycles. The molecule has 23 heavy (non-hydrogen) atoms. The lowest BCUT2D eigenvalue weighted by Crippen LogP contribution is -2.33. The second kappa shape index (κ2) is 8.96. The number of methoxy groups -OCH3 is 1. The Kier molecular flexibility index (Phi) is 6.95. The Hall–Kier alpha value is -1.50. The molecule has 0 spiro atoms. The van der Waals surface area contributed by atoms with Gasteiger partial charge in [-0.2, -0.15) is 0 Å². The van der Waals surface area contributed by atoms with Crippen molar-refractivity contribution in [3.05, 3.63) is 41.2 Å². The van der Waals surface area contributed by atoms with Gasteiger partial charge in [0.05, 0.1) is 17.6 Å². The van der Waals surface area contributed by atoms with Gasteiger partial charge in [-0.3, -0.25) is 4.79 Å². The number of hydrogen-bond acceptors (Lipinski definition) is 5. The summed E-state index contributed by atoms with van der Waals surface area (Å²) in [6.45, 7) is 2.90. The number of thioether (sulfide) groups is 1. The molecule has 5 nitrogen and oxygen atoms in total. The quantitative estimate of drug-likeness (QED) is 0.736. The number of rotatable bonds is 8. The molecule has 0 fully saturated rings. The lowest BCUT2D eigenvalue weighted by molar-refractivity contribution is -0.120. The minimum Gasteiger partial charge on any atom is -0.444 e. The molecular weight excluding hydrogens is 336 g/mol. The smallest absolute Gasteiger partial charge is 0.232 e.